The van der Waals surface area contributed by atoms with E-state index in [4.69, 9.17) is 0 Å². The lowest BCUT2D eigenvalue weighted by molar-refractivity contribution is -0.123. The Morgan fingerprint density at radius 1 is 1.17 bits per heavy atom. The maximum Gasteiger partial charge on any atom is 0.140 e. The quantitative estimate of drug-likeness (QED) is 0.585. The van der Waals surface area contributed by atoms with E-state index in [9.17, 15) is 9.90 Å². The van der Waals surface area contributed by atoms with E-state index in [-0.39, 0.29) is 0 Å². The van der Waals surface area contributed by atoms with Crippen LogP contribution in [0.1, 0.15) is 0 Å². The van der Waals surface area contributed by atoms with Crippen LogP contribution in [0.2, 0.25) is 0 Å². The van der Waals surface area contributed by atoms with Gasteiger partial charge in [-0.3, -0.25) is 4.79 Å². The molecule has 12 heavy (non-hydrogen) atoms. The summed E-state index contributed by atoms with van der Waals surface area (Å²) in [5.74, 6) is 5.06. The van der Waals surface area contributed by atoms with Gasteiger partial charge in [0.25, 0.3) is 0 Å². The van der Waals surface area contributed by atoms with Gasteiger partial charge in [0.05, 0.1) is 0 Å². The van der Waals surface area contributed by atoms with Crippen LogP contribution in [-0.2, 0) is 4.79 Å². The number of Topliss-reactive ketones (excluding diaryl/α,β-unsaturated/α-hetero) is 1. The number of aliphatic hydroxyl groups is 1. The number of carbonyl (C=O) groups excluding carboxylic acids is 1. The van der Waals surface area contributed by atoms with Crippen LogP contribution in [0.15, 0.2) is 0 Å². The molecule has 6 aliphatic rings. The fourth-order valence-corrected chi connectivity index (χ4v) is 5.83. The first-order valence-corrected chi connectivity index (χ1v) is 4.98. The normalized spacial score (nSPS) is 83.4. The van der Waals surface area contributed by atoms with Gasteiger partial charge in [-0.25, -0.2) is 0 Å². The highest BCUT2D eigenvalue weighted by Gasteiger charge is 3.00. The van der Waals surface area contributed by atoms with Gasteiger partial charge in [0.2, 0.25) is 0 Å². The number of aliphatic hydroxyl groups excluding tert-OH is 1. The average molecular weight is 162 g/mol. The van der Waals surface area contributed by atoms with E-state index in [0.717, 1.165) is 17.8 Å². The minimum Gasteiger partial charge on any atom is -0.396 e. The van der Waals surface area contributed by atoms with Crippen molar-refractivity contribution in [2.45, 2.75) is 0 Å². The molecule has 6 unspecified atom stereocenters. The first-order valence-electron chi connectivity index (χ1n) is 4.98. The third-order valence-corrected chi connectivity index (χ3v) is 5.81. The van der Waals surface area contributed by atoms with Gasteiger partial charge in [0.15, 0.2) is 0 Å². The van der Waals surface area contributed by atoms with E-state index in [2.05, 4.69) is 0 Å². The Morgan fingerprint density at radius 2 is 1.75 bits per heavy atom. The molecule has 1 N–H and O–H groups in total. The second-order valence-electron chi connectivity index (χ2n) is 5.46. The Hall–Kier alpha value is -0.370. The molecule has 0 aliphatic heterocycles. The predicted octanol–water partition coefficient (Wildman–Crippen LogP) is -0.0844. The molecule has 2 nitrogen and oxygen atoms in total. The van der Waals surface area contributed by atoms with Crippen LogP contribution >= 0.6 is 0 Å². The Bertz CT molecular complexity index is 322. The molecule has 2 bridgehead atoms. The zero-order chi connectivity index (χ0) is 7.83. The van der Waals surface area contributed by atoms with Crippen LogP contribution in [-0.4, -0.2) is 17.5 Å². The first-order chi connectivity index (χ1) is 5.84. The van der Waals surface area contributed by atoms with Crippen molar-refractivity contribution in [3.8, 4) is 0 Å². The van der Waals surface area contributed by atoms with Gasteiger partial charge in [-0.05, 0) is 29.6 Å². The molecule has 0 spiro atoms. The van der Waals surface area contributed by atoms with Crippen molar-refractivity contribution in [3.63, 3.8) is 0 Å². The van der Waals surface area contributed by atoms with Gasteiger partial charge >= 0.3 is 0 Å². The summed E-state index contributed by atoms with van der Waals surface area (Å²) < 4.78 is 0. The van der Waals surface area contributed by atoms with E-state index in [1.54, 1.807) is 0 Å². The maximum atomic E-state index is 11.6. The monoisotopic (exact) mass is 162 g/mol. The van der Waals surface area contributed by atoms with Gasteiger partial charge in [-0.2, -0.15) is 0 Å². The van der Waals surface area contributed by atoms with Crippen LogP contribution in [0, 0.1) is 46.8 Å². The highest BCUT2D eigenvalue weighted by atomic mass is 16.3. The number of hydrogen-bond donors (Lipinski definition) is 1. The summed E-state index contributed by atoms with van der Waals surface area (Å²) in [7, 11) is 0. The molecule has 0 radical (unpaired) electrons. The topological polar surface area (TPSA) is 37.3 Å². The Morgan fingerprint density at radius 3 is 2.08 bits per heavy atom. The van der Waals surface area contributed by atoms with Crippen LogP contribution in [0.4, 0.5) is 0 Å². The standard InChI is InChI=1S/C10H10O2/c11-1-10-6-2-3(6)5-8(10)7(10)4(2)9(5)12/h2-8,11H,1H2. The molecule has 6 aliphatic carbocycles. The number of carbonyl (C=O) groups is 1. The van der Waals surface area contributed by atoms with Crippen molar-refractivity contribution in [2.75, 3.05) is 6.61 Å². The van der Waals surface area contributed by atoms with E-state index in [0.29, 0.717) is 41.5 Å². The summed E-state index contributed by atoms with van der Waals surface area (Å²) in [5, 5.41) is 9.37. The lowest BCUT2D eigenvalue weighted by atomic mass is 9.99. The highest BCUT2D eigenvalue weighted by molar-refractivity contribution is 5.96. The minimum absolute atomic E-state index is 0.304. The van der Waals surface area contributed by atoms with Crippen LogP contribution in [0.3, 0.4) is 0 Å². The van der Waals surface area contributed by atoms with Crippen LogP contribution < -0.4 is 0 Å². The van der Waals surface area contributed by atoms with Crippen molar-refractivity contribution in [3.05, 3.63) is 0 Å². The predicted molar refractivity (Wildman–Crippen MR) is 39.0 cm³/mol. The van der Waals surface area contributed by atoms with Crippen molar-refractivity contribution < 1.29 is 9.90 Å². The second kappa shape index (κ2) is 1.05. The van der Waals surface area contributed by atoms with E-state index in [1.807, 2.05) is 0 Å². The highest BCUT2D eigenvalue weighted by Crippen LogP contribution is 2.98. The summed E-state index contributed by atoms with van der Waals surface area (Å²) in [4.78, 5) is 11.6. The molecule has 0 aromatic rings. The summed E-state index contributed by atoms with van der Waals surface area (Å²) in [6.45, 7) is 0.375. The van der Waals surface area contributed by atoms with Gasteiger partial charge in [0, 0.05) is 23.9 Å². The number of hydrogen-bond acceptors (Lipinski definition) is 2. The smallest absolute Gasteiger partial charge is 0.140 e. The molecule has 0 aromatic carbocycles. The summed E-state index contributed by atoms with van der Waals surface area (Å²) >= 11 is 0. The van der Waals surface area contributed by atoms with E-state index in [1.165, 1.54) is 0 Å². The Labute approximate surface area is 70.0 Å². The van der Waals surface area contributed by atoms with Crippen LogP contribution in [0.5, 0.6) is 0 Å². The zero-order valence-corrected chi connectivity index (χ0v) is 6.60. The Balaban J connectivity index is 1.85. The van der Waals surface area contributed by atoms with Crippen molar-refractivity contribution in [1.29, 1.82) is 0 Å². The lowest BCUT2D eigenvalue weighted by Gasteiger charge is -2.08. The van der Waals surface area contributed by atoms with Crippen molar-refractivity contribution in [2.24, 2.45) is 46.8 Å². The minimum atomic E-state index is 0.304. The fourth-order valence-electron chi connectivity index (χ4n) is 5.83. The van der Waals surface area contributed by atoms with E-state index < -0.39 is 0 Å². The summed E-state index contributed by atoms with van der Waals surface area (Å²) in [6.07, 6.45) is 0. The van der Waals surface area contributed by atoms with Crippen molar-refractivity contribution in [1.82, 2.24) is 0 Å². The third-order valence-electron chi connectivity index (χ3n) is 5.81. The zero-order valence-electron chi connectivity index (χ0n) is 6.60. The molecule has 0 heterocycles. The maximum absolute atomic E-state index is 11.6. The summed E-state index contributed by atoms with van der Waals surface area (Å²) in [5.41, 5.74) is 0.304. The molecule has 0 saturated heterocycles. The molecule has 0 aromatic heterocycles. The fraction of sp³-hybridized carbons (Fsp3) is 0.900. The average Bonchev–Trinajstić information content (AvgIpc) is 2.86. The molecular weight excluding hydrogens is 152 g/mol. The van der Waals surface area contributed by atoms with Crippen molar-refractivity contribution >= 4 is 5.78 Å². The molecule has 6 atom stereocenters. The molecule has 6 saturated carbocycles. The molecule has 2 heteroatoms. The lowest BCUT2D eigenvalue weighted by Crippen LogP contribution is -2.15. The van der Waals surface area contributed by atoms with Gasteiger partial charge in [-0.15, -0.1) is 0 Å². The van der Waals surface area contributed by atoms with Gasteiger partial charge in [0.1, 0.15) is 5.78 Å². The van der Waals surface area contributed by atoms with Gasteiger partial charge < -0.3 is 5.11 Å². The first kappa shape index (κ1) is 5.38. The Kier molecular flexibility index (Phi) is 0.471. The van der Waals surface area contributed by atoms with Crippen LogP contribution in [0.25, 0.3) is 0 Å². The molecule has 6 fully saturated rings. The SMILES string of the molecule is O=C1C2C3C4C1C1C2C1(CO)C34. The van der Waals surface area contributed by atoms with E-state index >= 15 is 0 Å². The number of ketones is 1. The number of rotatable bonds is 1. The molecule has 6 rings (SSSR count). The van der Waals surface area contributed by atoms with Gasteiger partial charge in [-0.1, -0.05) is 0 Å². The molecule has 0 amide bonds. The molecule has 62 valence electrons. The summed E-state index contributed by atoms with van der Waals surface area (Å²) in [6, 6.07) is 0. The largest absolute Gasteiger partial charge is 0.396 e. The second-order valence-corrected chi connectivity index (χ2v) is 5.46. The molecular formula is C10H10O2. The third kappa shape index (κ3) is 0.224.